The second-order valence-electron chi connectivity index (χ2n) is 4.82. The van der Waals surface area contributed by atoms with Gasteiger partial charge in [0.15, 0.2) is 6.79 Å². The zero-order valence-corrected chi connectivity index (χ0v) is 12.5. The van der Waals surface area contributed by atoms with Crippen molar-refractivity contribution >= 4 is 5.97 Å². The smallest absolute Gasteiger partial charge is 0.339 e. The van der Waals surface area contributed by atoms with Crippen LogP contribution in [0.4, 0.5) is 0 Å². The van der Waals surface area contributed by atoms with Crippen molar-refractivity contribution in [2.45, 2.75) is 13.2 Å². The molecule has 0 atom stereocenters. The van der Waals surface area contributed by atoms with Gasteiger partial charge < -0.3 is 14.9 Å². The van der Waals surface area contributed by atoms with E-state index in [1.54, 1.807) is 24.3 Å². The van der Waals surface area contributed by atoms with Gasteiger partial charge in [0.05, 0.1) is 0 Å². The molecule has 0 fully saturated rings. The molecule has 0 spiro atoms. The van der Waals surface area contributed by atoms with Gasteiger partial charge in [0, 0.05) is 0 Å². The maximum absolute atomic E-state index is 11.2. The molecule has 2 aromatic carbocycles. The molecule has 0 saturated carbocycles. The van der Waals surface area contributed by atoms with Gasteiger partial charge >= 0.3 is 5.97 Å². The minimum atomic E-state index is -1.17. The number of hydrogen-bond donors (Lipinski definition) is 4. The number of aliphatic hydroxyl groups is 1. The highest BCUT2D eigenvalue weighted by Gasteiger charge is 2.14. The lowest BCUT2D eigenvalue weighted by atomic mass is 9.98. The molecule has 4 N–H and O–H groups in total. The molecule has 0 bridgehead atoms. The van der Waals surface area contributed by atoms with E-state index in [4.69, 9.17) is 25.5 Å². The summed E-state index contributed by atoms with van der Waals surface area (Å²) in [5, 5.41) is 35.3. The normalized spacial score (nSPS) is 10.6. The Morgan fingerprint density at radius 2 is 1.54 bits per heavy atom. The molecule has 2 rings (SSSR count). The minimum absolute atomic E-state index is 0.0326. The van der Waals surface area contributed by atoms with Gasteiger partial charge in [-0.25, -0.2) is 14.6 Å². The SMILES string of the molecule is O=C(O)c1ccc(-c2ccc(COO)c(COO)c2)cc1OCO. The average molecular weight is 336 g/mol. The van der Waals surface area contributed by atoms with Crippen molar-refractivity contribution < 1.29 is 40.0 Å². The van der Waals surface area contributed by atoms with E-state index in [0.717, 1.165) is 0 Å². The van der Waals surface area contributed by atoms with E-state index >= 15 is 0 Å². The highest BCUT2D eigenvalue weighted by molar-refractivity contribution is 5.92. The van der Waals surface area contributed by atoms with E-state index in [-0.39, 0.29) is 24.5 Å². The quantitative estimate of drug-likeness (QED) is 0.329. The molecule has 0 heterocycles. The lowest BCUT2D eigenvalue weighted by Gasteiger charge is -2.12. The van der Waals surface area contributed by atoms with Crippen LogP contribution < -0.4 is 4.74 Å². The van der Waals surface area contributed by atoms with Crippen LogP contribution in [0.15, 0.2) is 36.4 Å². The van der Waals surface area contributed by atoms with Gasteiger partial charge in [-0.05, 0) is 40.5 Å². The summed E-state index contributed by atoms with van der Waals surface area (Å²) in [4.78, 5) is 19.4. The number of carboxylic acids is 1. The average Bonchev–Trinajstić information content (AvgIpc) is 2.57. The van der Waals surface area contributed by atoms with Crippen molar-refractivity contribution in [1.29, 1.82) is 0 Å². The van der Waals surface area contributed by atoms with Crippen LogP contribution >= 0.6 is 0 Å². The molecule has 0 aliphatic heterocycles. The fourth-order valence-corrected chi connectivity index (χ4v) is 2.29. The van der Waals surface area contributed by atoms with Crippen molar-refractivity contribution in [3.05, 3.63) is 53.1 Å². The van der Waals surface area contributed by atoms with Gasteiger partial charge in [-0.15, -0.1) is 0 Å². The van der Waals surface area contributed by atoms with E-state index in [9.17, 15) is 4.79 Å². The summed E-state index contributed by atoms with van der Waals surface area (Å²) in [7, 11) is 0. The summed E-state index contributed by atoms with van der Waals surface area (Å²) < 4.78 is 4.96. The Balaban J connectivity index is 2.45. The van der Waals surface area contributed by atoms with Gasteiger partial charge in [-0.2, -0.15) is 0 Å². The number of aliphatic hydroxyl groups excluding tert-OH is 1. The molecular formula is C16H16O8. The third-order valence-electron chi connectivity index (χ3n) is 3.41. The number of aromatic carboxylic acids is 1. The molecule has 0 saturated heterocycles. The maximum atomic E-state index is 11.2. The molecule has 24 heavy (non-hydrogen) atoms. The summed E-state index contributed by atoms with van der Waals surface area (Å²) in [5.41, 5.74) is 2.46. The van der Waals surface area contributed by atoms with Crippen LogP contribution in [0.2, 0.25) is 0 Å². The van der Waals surface area contributed by atoms with Gasteiger partial charge in [-0.1, -0.05) is 18.2 Å². The number of carbonyl (C=O) groups is 1. The molecule has 0 amide bonds. The largest absolute Gasteiger partial charge is 0.478 e. The third-order valence-corrected chi connectivity index (χ3v) is 3.41. The van der Waals surface area contributed by atoms with E-state index < -0.39 is 12.8 Å². The Morgan fingerprint density at radius 1 is 0.917 bits per heavy atom. The first-order valence-electron chi connectivity index (χ1n) is 6.86. The molecule has 0 aliphatic rings. The van der Waals surface area contributed by atoms with Crippen molar-refractivity contribution in [3.63, 3.8) is 0 Å². The van der Waals surface area contributed by atoms with Crippen molar-refractivity contribution in [2.75, 3.05) is 6.79 Å². The summed E-state index contributed by atoms with van der Waals surface area (Å²) in [6.45, 7) is -0.838. The summed E-state index contributed by atoms with van der Waals surface area (Å²) >= 11 is 0. The first-order valence-corrected chi connectivity index (χ1v) is 6.86. The van der Waals surface area contributed by atoms with Crippen LogP contribution in [0.25, 0.3) is 11.1 Å². The van der Waals surface area contributed by atoms with E-state index in [1.165, 1.54) is 12.1 Å². The number of ether oxygens (including phenoxy) is 1. The monoisotopic (exact) mass is 336 g/mol. The Morgan fingerprint density at radius 3 is 2.17 bits per heavy atom. The Bertz CT molecular complexity index is 713. The zero-order chi connectivity index (χ0) is 17.5. The number of carboxylic acid groups (broad SMARTS) is 1. The molecule has 0 radical (unpaired) electrons. The topological polar surface area (TPSA) is 126 Å². The lowest BCUT2D eigenvalue weighted by Crippen LogP contribution is -2.04. The predicted molar refractivity (Wildman–Crippen MR) is 81.4 cm³/mol. The first kappa shape index (κ1) is 17.9. The Labute approximate surface area is 136 Å². The second kappa shape index (κ2) is 8.39. The number of hydrogen-bond acceptors (Lipinski definition) is 7. The van der Waals surface area contributed by atoms with Gasteiger partial charge in [0.2, 0.25) is 0 Å². The van der Waals surface area contributed by atoms with Crippen molar-refractivity contribution in [2.24, 2.45) is 0 Å². The molecule has 8 nitrogen and oxygen atoms in total. The fraction of sp³-hybridized carbons (Fsp3) is 0.188. The highest BCUT2D eigenvalue weighted by Crippen LogP contribution is 2.29. The summed E-state index contributed by atoms with van der Waals surface area (Å²) in [5.74, 6) is -1.14. The van der Waals surface area contributed by atoms with E-state index in [0.29, 0.717) is 22.3 Å². The maximum Gasteiger partial charge on any atom is 0.339 e. The van der Waals surface area contributed by atoms with E-state index in [2.05, 4.69) is 9.78 Å². The summed E-state index contributed by atoms with van der Waals surface area (Å²) in [6.07, 6.45) is 0. The van der Waals surface area contributed by atoms with Crippen LogP contribution in [-0.2, 0) is 23.0 Å². The lowest BCUT2D eigenvalue weighted by molar-refractivity contribution is -0.258. The van der Waals surface area contributed by atoms with Crippen molar-refractivity contribution in [3.8, 4) is 16.9 Å². The first-order chi connectivity index (χ1) is 11.6. The number of rotatable bonds is 8. The van der Waals surface area contributed by atoms with Crippen molar-refractivity contribution in [1.82, 2.24) is 0 Å². The van der Waals surface area contributed by atoms with Crippen LogP contribution in [-0.4, -0.2) is 33.5 Å². The van der Waals surface area contributed by atoms with Gasteiger partial charge in [0.1, 0.15) is 24.5 Å². The Hall–Kier alpha value is -2.49. The molecular weight excluding hydrogens is 320 g/mol. The van der Waals surface area contributed by atoms with Crippen LogP contribution in [0.3, 0.4) is 0 Å². The van der Waals surface area contributed by atoms with E-state index in [1.807, 2.05) is 0 Å². The van der Waals surface area contributed by atoms with Gasteiger partial charge in [-0.3, -0.25) is 10.5 Å². The Kier molecular flexibility index (Phi) is 6.24. The van der Waals surface area contributed by atoms with Crippen LogP contribution in [0.1, 0.15) is 21.5 Å². The molecule has 2 aromatic rings. The minimum Gasteiger partial charge on any atom is -0.478 e. The highest BCUT2D eigenvalue weighted by atomic mass is 17.1. The summed E-state index contributed by atoms with van der Waals surface area (Å²) in [6, 6.07) is 9.56. The van der Waals surface area contributed by atoms with Gasteiger partial charge in [0.25, 0.3) is 0 Å². The standard InChI is InChI=1S/C16H16O8/c17-9-22-15-6-11(3-4-14(15)16(18)19)10-1-2-12(7-23-20)13(5-10)8-24-21/h1-6,17,20-21H,7-9H2,(H,18,19). The predicted octanol–water partition coefficient (Wildman–Crippen LogP) is 2.36. The molecule has 128 valence electrons. The number of benzene rings is 2. The third kappa shape index (κ3) is 4.07. The second-order valence-corrected chi connectivity index (χ2v) is 4.82. The fourth-order valence-electron chi connectivity index (χ4n) is 2.29. The molecule has 0 aromatic heterocycles. The molecule has 0 unspecified atom stereocenters. The molecule has 8 heteroatoms. The van der Waals surface area contributed by atoms with Crippen LogP contribution in [0.5, 0.6) is 5.75 Å². The molecule has 0 aliphatic carbocycles. The zero-order valence-electron chi connectivity index (χ0n) is 12.5. The van der Waals surface area contributed by atoms with Crippen LogP contribution in [0, 0.1) is 0 Å².